The first-order valence-electron chi connectivity index (χ1n) is 12.8. The number of rotatable bonds is 8. The number of amides is 1. The molecule has 2 aromatic heterocycles. The zero-order chi connectivity index (χ0) is 26.8. The van der Waals surface area contributed by atoms with E-state index in [2.05, 4.69) is 26.7 Å². The maximum Gasteiger partial charge on any atom is 0.252 e. The highest BCUT2D eigenvalue weighted by atomic mass is 19.1. The number of halogens is 1. The van der Waals surface area contributed by atoms with E-state index < -0.39 is 5.54 Å². The SMILES string of the molecule is N#CC1(NC(=O)c2ccc(-c3ccc4nc(NCc5ccc(F)cc5)nc(OC5CCOC5)c4n3)cc2)CC1. The fourth-order valence-electron chi connectivity index (χ4n) is 4.33. The van der Waals surface area contributed by atoms with Gasteiger partial charge in [0.15, 0.2) is 5.52 Å². The summed E-state index contributed by atoms with van der Waals surface area (Å²) in [6.45, 7) is 1.51. The molecule has 6 rings (SSSR count). The number of pyridine rings is 1. The van der Waals surface area contributed by atoms with E-state index in [0.717, 1.165) is 17.5 Å². The lowest BCUT2D eigenvalue weighted by Gasteiger charge is -2.15. The van der Waals surface area contributed by atoms with Crippen LogP contribution in [-0.2, 0) is 11.3 Å². The van der Waals surface area contributed by atoms with Crippen LogP contribution in [0.3, 0.4) is 0 Å². The summed E-state index contributed by atoms with van der Waals surface area (Å²) >= 11 is 0. The Morgan fingerprint density at radius 3 is 2.56 bits per heavy atom. The van der Waals surface area contributed by atoms with Crippen LogP contribution in [0.5, 0.6) is 5.88 Å². The first kappa shape index (κ1) is 24.7. The van der Waals surface area contributed by atoms with Crippen LogP contribution in [0.2, 0.25) is 0 Å². The van der Waals surface area contributed by atoms with Crippen molar-refractivity contribution in [2.24, 2.45) is 0 Å². The summed E-state index contributed by atoms with van der Waals surface area (Å²) in [5.74, 6) is 0.161. The van der Waals surface area contributed by atoms with E-state index in [0.29, 0.717) is 66.7 Å². The summed E-state index contributed by atoms with van der Waals surface area (Å²) in [6, 6.07) is 19.2. The summed E-state index contributed by atoms with van der Waals surface area (Å²) in [6.07, 6.45) is 1.97. The van der Waals surface area contributed by atoms with Gasteiger partial charge in [-0.15, -0.1) is 0 Å². The lowest BCUT2D eigenvalue weighted by Crippen LogP contribution is -2.35. The first-order chi connectivity index (χ1) is 19.0. The lowest BCUT2D eigenvalue weighted by atomic mass is 10.1. The number of fused-ring (bicyclic) bond motifs is 1. The van der Waals surface area contributed by atoms with Crippen LogP contribution in [-0.4, -0.2) is 45.7 Å². The minimum absolute atomic E-state index is 0.139. The molecule has 10 heteroatoms. The molecule has 1 aliphatic heterocycles. The van der Waals surface area contributed by atoms with Gasteiger partial charge in [0.05, 0.1) is 30.5 Å². The van der Waals surface area contributed by atoms with Gasteiger partial charge in [-0.2, -0.15) is 10.2 Å². The van der Waals surface area contributed by atoms with E-state index in [-0.39, 0.29) is 17.8 Å². The van der Waals surface area contributed by atoms with Gasteiger partial charge in [-0.3, -0.25) is 4.79 Å². The van der Waals surface area contributed by atoms with Gasteiger partial charge < -0.3 is 20.1 Å². The third-order valence-electron chi connectivity index (χ3n) is 6.80. The summed E-state index contributed by atoms with van der Waals surface area (Å²) < 4.78 is 24.9. The molecule has 0 bridgehead atoms. The van der Waals surface area contributed by atoms with Crippen LogP contribution >= 0.6 is 0 Å². The molecule has 196 valence electrons. The van der Waals surface area contributed by atoms with Crippen LogP contribution in [0.15, 0.2) is 60.7 Å². The molecular formula is C29H25FN6O3. The van der Waals surface area contributed by atoms with E-state index in [4.69, 9.17) is 14.5 Å². The molecular weight excluding hydrogens is 499 g/mol. The normalized spacial score (nSPS) is 17.4. The van der Waals surface area contributed by atoms with Crippen molar-refractivity contribution in [3.8, 4) is 23.2 Å². The highest BCUT2D eigenvalue weighted by molar-refractivity contribution is 5.95. The highest BCUT2D eigenvalue weighted by Gasteiger charge is 2.44. The van der Waals surface area contributed by atoms with Gasteiger partial charge in [0, 0.05) is 24.1 Å². The van der Waals surface area contributed by atoms with Crippen molar-refractivity contribution in [2.45, 2.75) is 37.5 Å². The minimum atomic E-state index is -0.719. The molecule has 0 spiro atoms. The number of nitrogens with one attached hydrogen (secondary N) is 2. The molecule has 39 heavy (non-hydrogen) atoms. The van der Waals surface area contributed by atoms with Gasteiger partial charge in [-0.05, 0) is 54.8 Å². The Morgan fingerprint density at radius 1 is 1.08 bits per heavy atom. The van der Waals surface area contributed by atoms with E-state index >= 15 is 0 Å². The Kier molecular flexibility index (Phi) is 6.50. The largest absolute Gasteiger partial charge is 0.470 e. The Balaban J connectivity index is 1.26. The van der Waals surface area contributed by atoms with Gasteiger partial charge in [0.2, 0.25) is 11.8 Å². The van der Waals surface area contributed by atoms with Crippen LogP contribution < -0.4 is 15.4 Å². The molecule has 1 saturated carbocycles. The van der Waals surface area contributed by atoms with Crippen molar-refractivity contribution in [1.29, 1.82) is 5.26 Å². The zero-order valence-corrected chi connectivity index (χ0v) is 21.0. The van der Waals surface area contributed by atoms with Crippen molar-refractivity contribution in [3.63, 3.8) is 0 Å². The van der Waals surface area contributed by atoms with Gasteiger partial charge in [0.1, 0.15) is 17.5 Å². The van der Waals surface area contributed by atoms with Crippen molar-refractivity contribution >= 4 is 22.9 Å². The maximum atomic E-state index is 13.2. The predicted octanol–water partition coefficient (Wildman–Crippen LogP) is 4.40. The third kappa shape index (κ3) is 5.49. The molecule has 3 heterocycles. The summed E-state index contributed by atoms with van der Waals surface area (Å²) in [5.41, 5.74) is 3.24. The molecule has 1 amide bonds. The molecule has 1 saturated heterocycles. The number of nitriles is 1. The summed E-state index contributed by atoms with van der Waals surface area (Å²) in [7, 11) is 0. The number of hydrogen-bond acceptors (Lipinski definition) is 8. The number of benzene rings is 2. The molecule has 2 aromatic carbocycles. The molecule has 1 aliphatic carbocycles. The number of carbonyl (C=O) groups is 1. The van der Waals surface area contributed by atoms with Gasteiger partial charge in [0.25, 0.3) is 5.91 Å². The number of carbonyl (C=O) groups excluding carboxylic acids is 1. The van der Waals surface area contributed by atoms with Crippen molar-refractivity contribution in [2.75, 3.05) is 18.5 Å². The average Bonchev–Trinajstić information content (AvgIpc) is 3.55. The Morgan fingerprint density at radius 2 is 1.87 bits per heavy atom. The minimum Gasteiger partial charge on any atom is -0.470 e. The molecule has 1 unspecified atom stereocenters. The third-order valence-corrected chi connectivity index (χ3v) is 6.80. The molecule has 0 radical (unpaired) electrons. The van der Waals surface area contributed by atoms with E-state index in [1.54, 1.807) is 24.3 Å². The molecule has 4 aromatic rings. The van der Waals surface area contributed by atoms with Gasteiger partial charge in [-0.25, -0.2) is 14.4 Å². The Labute approximate surface area is 224 Å². The van der Waals surface area contributed by atoms with E-state index in [9.17, 15) is 14.4 Å². The number of aromatic nitrogens is 3. The number of hydrogen-bond donors (Lipinski definition) is 2. The fraction of sp³-hybridized carbons (Fsp3) is 0.276. The monoisotopic (exact) mass is 524 g/mol. The molecule has 2 N–H and O–H groups in total. The second kappa shape index (κ2) is 10.3. The van der Waals surface area contributed by atoms with Crippen molar-refractivity contribution in [3.05, 3.63) is 77.6 Å². The van der Waals surface area contributed by atoms with E-state index in [1.807, 2.05) is 24.3 Å². The topological polar surface area (TPSA) is 122 Å². The standard InChI is InChI=1S/C29H25FN6O3/c30-21-7-1-18(2-8-21)15-32-28-34-24-10-9-23(33-25(24)27(35-28)39-22-11-14-38-16-22)19-3-5-20(6-4-19)26(37)36-29(17-31)12-13-29/h1-10,22H,11-16H2,(H,36,37)(H,32,34,35). The number of ether oxygens (including phenoxy) is 2. The van der Waals surface area contributed by atoms with Crippen LogP contribution in [0.1, 0.15) is 35.2 Å². The maximum absolute atomic E-state index is 13.2. The predicted molar refractivity (Wildman–Crippen MR) is 141 cm³/mol. The van der Waals surface area contributed by atoms with Crippen LogP contribution in [0.25, 0.3) is 22.3 Å². The van der Waals surface area contributed by atoms with Gasteiger partial charge in [-0.1, -0.05) is 24.3 Å². The summed E-state index contributed by atoms with van der Waals surface area (Å²) in [4.78, 5) is 26.6. The Hall–Kier alpha value is -4.62. The summed E-state index contributed by atoms with van der Waals surface area (Å²) in [5, 5.41) is 15.2. The first-order valence-corrected chi connectivity index (χ1v) is 12.8. The molecule has 2 aliphatic rings. The van der Waals surface area contributed by atoms with E-state index in [1.165, 1.54) is 12.1 Å². The van der Waals surface area contributed by atoms with Crippen molar-refractivity contribution < 1.29 is 18.7 Å². The van der Waals surface area contributed by atoms with Crippen LogP contribution in [0, 0.1) is 17.1 Å². The van der Waals surface area contributed by atoms with Gasteiger partial charge >= 0.3 is 0 Å². The number of anilines is 1. The highest BCUT2D eigenvalue weighted by Crippen LogP contribution is 2.34. The lowest BCUT2D eigenvalue weighted by molar-refractivity contribution is 0.0941. The smallest absolute Gasteiger partial charge is 0.252 e. The van der Waals surface area contributed by atoms with Crippen LogP contribution in [0.4, 0.5) is 10.3 Å². The average molecular weight is 525 g/mol. The van der Waals surface area contributed by atoms with Crippen molar-refractivity contribution in [1.82, 2.24) is 20.3 Å². The molecule has 1 atom stereocenters. The molecule has 9 nitrogen and oxygen atoms in total. The number of nitrogens with zero attached hydrogens (tertiary/aromatic N) is 4. The second-order valence-corrected chi connectivity index (χ2v) is 9.73. The quantitative estimate of drug-likeness (QED) is 0.348. The fourth-order valence-corrected chi connectivity index (χ4v) is 4.33. The second-order valence-electron chi connectivity index (χ2n) is 9.73. The molecule has 2 fully saturated rings. The zero-order valence-electron chi connectivity index (χ0n) is 21.0. The Bertz CT molecular complexity index is 1560.